The number of hydrogen-bond acceptors (Lipinski definition) is 5. The van der Waals surface area contributed by atoms with Gasteiger partial charge in [0, 0.05) is 18.8 Å². The fraction of sp³-hybridized carbons (Fsp3) is 0.333. The largest absolute Gasteiger partial charge is 0.366 e. The summed E-state index contributed by atoms with van der Waals surface area (Å²) in [6.45, 7) is 3.15. The van der Waals surface area contributed by atoms with Gasteiger partial charge in [0.15, 0.2) is 6.19 Å². The number of nitrogens with zero attached hydrogens (tertiary/aromatic N) is 3. The summed E-state index contributed by atoms with van der Waals surface area (Å²) in [5.74, 6) is -0.129. The predicted octanol–water partition coefficient (Wildman–Crippen LogP) is 2.42. The summed E-state index contributed by atoms with van der Waals surface area (Å²) in [6.07, 6.45) is 1.76. The summed E-state index contributed by atoms with van der Waals surface area (Å²) in [4.78, 5) is 16.5. The number of anilines is 1. The van der Waals surface area contributed by atoms with E-state index >= 15 is 0 Å². The third-order valence-corrected chi connectivity index (χ3v) is 5.11. The highest BCUT2D eigenvalue weighted by Crippen LogP contribution is 2.35. The maximum Gasteiger partial charge on any atom is 0.254 e. The van der Waals surface area contributed by atoms with E-state index in [0.29, 0.717) is 26.2 Å². The number of nitrogens with one attached hydrogen (secondary N) is 1. The summed E-state index contributed by atoms with van der Waals surface area (Å²) < 4.78 is 5.62. The van der Waals surface area contributed by atoms with Crippen LogP contribution in [-0.4, -0.2) is 48.6 Å². The smallest absolute Gasteiger partial charge is 0.254 e. The third kappa shape index (κ3) is 3.65. The fourth-order valence-corrected chi connectivity index (χ4v) is 3.69. The molecule has 138 valence electrons. The number of likely N-dealkylation sites (N-methyl/N-ethyl adjacent to an activating group) is 1. The number of amides is 1. The minimum atomic E-state index is -0.465. The van der Waals surface area contributed by atoms with Crippen molar-refractivity contribution in [2.24, 2.45) is 0 Å². The van der Waals surface area contributed by atoms with Crippen LogP contribution in [0.4, 0.5) is 5.69 Å². The maximum atomic E-state index is 12.7. The molecule has 1 atom stereocenters. The highest BCUT2D eigenvalue weighted by atomic mass is 16.5. The molecule has 1 N–H and O–H groups in total. The first kappa shape index (κ1) is 17.5. The van der Waals surface area contributed by atoms with Crippen LogP contribution in [0.5, 0.6) is 0 Å². The Balaban J connectivity index is 1.64. The number of carbonyl (C=O) groups is 1. The zero-order valence-corrected chi connectivity index (χ0v) is 15.3. The molecule has 2 heterocycles. The molecule has 27 heavy (non-hydrogen) atoms. The first-order valence-corrected chi connectivity index (χ1v) is 9.11. The molecule has 0 spiro atoms. The predicted molar refractivity (Wildman–Crippen MR) is 103 cm³/mol. The second-order valence-corrected chi connectivity index (χ2v) is 7.09. The van der Waals surface area contributed by atoms with Crippen LogP contribution in [0.2, 0.25) is 0 Å². The van der Waals surface area contributed by atoms with Crippen LogP contribution in [0.15, 0.2) is 42.5 Å². The van der Waals surface area contributed by atoms with Crippen molar-refractivity contribution in [1.29, 1.82) is 5.26 Å². The van der Waals surface area contributed by atoms with E-state index in [-0.39, 0.29) is 5.91 Å². The molecule has 1 unspecified atom stereocenters. The first-order valence-electron chi connectivity index (χ1n) is 9.11. The van der Waals surface area contributed by atoms with Gasteiger partial charge >= 0.3 is 0 Å². The zero-order chi connectivity index (χ0) is 18.8. The van der Waals surface area contributed by atoms with Crippen molar-refractivity contribution in [3.63, 3.8) is 0 Å². The molecule has 0 aliphatic carbocycles. The maximum absolute atomic E-state index is 12.7. The molecule has 2 aliphatic rings. The number of nitriles is 1. The Morgan fingerprint density at radius 2 is 2.07 bits per heavy atom. The van der Waals surface area contributed by atoms with Crippen LogP contribution in [-0.2, 0) is 22.6 Å². The number of ether oxygens (including phenoxy) is 1. The van der Waals surface area contributed by atoms with Gasteiger partial charge < -0.3 is 19.9 Å². The Morgan fingerprint density at radius 1 is 1.26 bits per heavy atom. The Bertz CT molecular complexity index is 891. The van der Waals surface area contributed by atoms with Crippen LogP contribution in [0.3, 0.4) is 0 Å². The lowest BCUT2D eigenvalue weighted by atomic mass is 9.96. The van der Waals surface area contributed by atoms with E-state index in [1.807, 2.05) is 37.4 Å². The first-order chi connectivity index (χ1) is 13.1. The number of rotatable bonds is 3. The topological polar surface area (TPSA) is 68.6 Å². The van der Waals surface area contributed by atoms with Crippen molar-refractivity contribution in [3.8, 4) is 17.3 Å². The molecule has 1 fully saturated rings. The van der Waals surface area contributed by atoms with Gasteiger partial charge in [0.25, 0.3) is 5.91 Å². The monoisotopic (exact) mass is 362 g/mol. The van der Waals surface area contributed by atoms with Gasteiger partial charge in [-0.2, -0.15) is 5.26 Å². The van der Waals surface area contributed by atoms with Crippen LogP contribution in [0.1, 0.15) is 11.1 Å². The van der Waals surface area contributed by atoms with Crippen molar-refractivity contribution in [2.75, 3.05) is 32.1 Å². The van der Waals surface area contributed by atoms with Crippen molar-refractivity contribution in [2.45, 2.75) is 19.2 Å². The lowest BCUT2D eigenvalue weighted by molar-refractivity contribution is -0.132. The number of fused-ring (bicyclic) bond motifs is 1. The standard InChI is InChI=1S/C21H22N4O2/c1-24-7-8-27-20(13-24)21(26)23-17-9-16-11-25(14-22)12-19(16)18(10-17)15-5-3-2-4-6-15/h2-6,9-10,20H,7-8,11-13H2,1H3,(H,23,26). The lowest BCUT2D eigenvalue weighted by Gasteiger charge is -2.29. The molecule has 1 amide bonds. The van der Waals surface area contributed by atoms with Crippen molar-refractivity contribution in [1.82, 2.24) is 9.80 Å². The van der Waals surface area contributed by atoms with Crippen molar-refractivity contribution in [3.05, 3.63) is 53.6 Å². The van der Waals surface area contributed by atoms with Gasteiger partial charge in [0.1, 0.15) is 6.10 Å². The summed E-state index contributed by atoms with van der Waals surface area (Å²) in [5, 5.41) is 12.3. The van der Waals surface area contributed by atoms with Crippen LogP contribution < -0.4 is 5.32 Å². The molecule has 2 aromatic carbocycles. The minimum Gasteiger partial charge on any atom is -0.366 e. The van der Waals surface area contributed by atoms with Crippen LogP contribution in [0, 0.1) is 11.5 Å². The summed E-state index contributed by atoms with van der Waals surface area (Å²) >= 11 is 0. The van der Waals surface area contributed by atoms with Gasteiger partial charge in [-0.3, -0.25) is 4.79 Å². The molecule has 1 saturated heterocycles. The Morgan fingerprint density at radius 3 is 2.81 bits per heavy atom. The molecule has 4 rings (SSSR count). The fourth-order valence-electron chi connectivity index (χ4n) is 3.69. The Labute approximate surface area is 158 Å². The zero-order valence-electron chi connectivity index (χ0n) is 15.3. The minimum absolute atomic E-state index is 0.129. The average molecular weight is 362 g/mol. The number of benzene rings is 2. The second-order valence-electron chi connectivity index (χ2n) is 7.09. The van der Waals surface area contributed by atoms with Gasteiger partial charge in [-0.05, 0) is 41.4 Å². The highest BCUT2D eigenvalue weighted by Gasteiger charge is 2.27. The third-order valence-electron chi connectivity index (χ3n) is 5.11. The highest BCUT2D eigenvalue weighted by molar-refractivity contribution is 5.95. The van der Waals surface area contributed by atoms with E-state index in [0.717, 1.165) is 34.5 Å². The summed E-state index contributed by atoms with van der Waals surface area (Å²) in [6, 6.07) is 14.0. The second kappa shape index (κ2) is 7.39. The Kier molecular flexibility index (Phi) is 4.80. The van der Waals surface area contributed by atoms with Crippen molar-refractivity contribution >= 4 is 11.6 Å². The molecule has 6 heteroatoms. The van der Waals surface area contributed by atoms with Gasteiger partial charge in [-0.25, -0.2) is 0 Å². The SMILES string of the molecule is CN1CCOC(C(=O)Nc2cc3c(c(-c4ccccc4)c2)CN(C#N)C3)C1. The molecule has 0 radical (unpaired) electrons. The molecule has 0 bridgehead atoms. The summed E-state index contributed by atoms with van der Waals surface area (Å²) in [7, 11) is 1.99. The van der Waals surface area contributed by atoms with E-state index in [1.165, 1.54) is 0 Å². The number of carbonyl (C=O) groups excluding carboxylic acids is 1. The van der Waals surface area contributed by atoms with E-state index in [9.17, 15) is 10.1 Å². The number of hydrogen-bond donors (Lipinski definition) is 1. The normalized spacial score (nSPS) is 19.4. The van der Waals surface area contributed by atoms with E-state index in [4.69, 9.17) is 4.74 Å². The van der Waals surface area contributed by atoms with E-state index < -0.39 is 6.10 Å². The lowest BCUT2D eigenvalue weighted by Crippen LogP contribution is -2.46. The molecule has 0 saturated carbocycles. The molecule has 2 aliphatic heterocycles. The van der Waals surface area contributed by atoms with Gasteiger partial charge in [0.05, 0.1) is 19.7 Å². The molecule has 6 nitrogen and oxygen atoms in total. The Hall–Kier alpha value is -2.88. The van der Waals surface area contributed by atoms with Crippen LogP contribution >= 0.6 is 0 Å². The van der Waals surface area contributed by atoms with Crippen molar-refractivity contribution < 1.29 is 9.53 Å². The van der Waals surface area contributed by atoms with Crippen LogP contribution in [0.25, 0.3) is 11.1 Å². The van der Waals surface area contributed by atoms with Gasteiger partial charge in [-0.15, -0.1) is 0 Å². The summed E-state index contributed by atoms with van der Waals surface area (Å²) in [5.41, 5.74) is 5.11. The molecular formula is C21H22N4O2. The van der Waals surface area contributed by atoms with Gasteiger partial charge in [0.2, 0.25) is 0 Å². The van der Waals surface area contributed by atoms with E-state index in [2.05, 4.69) is 28.5 Å². The molecule has 0 aromatic heterocycles. The number of morpholine rings is 1. The quantitative estimate of drug-likeness (QED) is 0.850. The average Bonchev–Trinajstić information content (AvgIpc) is 3.11. The van der Waals surface area contributed by atoms with Gasteiger partial charge in [-0.1, -0.05) is 30.3 Å². The molecule has 2 aromatic rings. The van der Waals surface area contributed by atoms with E-state index in [1.54, 1.807) is 4.90 Å². The molecular weight excluding hydrogens is 340 g/mol.